The first kappa shape index (κ1) is 12.0. The lowest BCUT2D eigenvalue weighted by Crippen LogP contribution is -2.20. The van der Waals surface area contributed by atoms with E-state index in [1.165, 1.54) is 0 Å². The van der Waals surface area contributed by atoms with Crippen molar-refractivity contribution in [3.05, 3.63) is 28.2 Å². The van der Waals surface area contributed by atoms with Crippen LogP contribution in [0.4, 0.5) is 5.69 Å². The van der Waals surface area contributed by atoms with Crippen molar-refractivity contribution >= 4 is 38.7 Å². The van der Waals surface area contributed by atoms with Crippen molar-refractivity contribution < 1.29 is 8.42 Å². The summed E-state index contributed by atoms with van der Waals surface area (Å²) in [4.78, 5) is 0. The first-order valence-electron chi connectivity index (χ1n) is 4.88. The second-order valence-corrected chi connectivity index (χ2v) is 6.92. The molecular weight excluding hydrogens is 269 g/mol. The summed E-state index contributed by atoms with van der Waals surface area (Å²) in [6.07, 6.45) is 0.641. The number of hydrogen-bond acceptors (Lipinski definition) is 3. The number of nitrogens with one attached hydrogen (secondary N) is 1. The number of hydrogen-bond donors (Lipinski definition) is 1. The van der Waals surface area contributed by atoms with Gasteiger partial charge in [0.15, 0.2) is 9.84 Å². The van der Waals surface area contributed by atoms with E-state index in [9.17, 15) is 8.42 Å². The van der Waals surface area contributed by atoms with Gasteiger partial charge in [-0.3, -0.25) is 0 Å². The lowest BCUT2D eigenvalue weighted by Gasteiger charge is -2.12. The summed E-state index contributed by atoms with van der Waals surface area (Å²) in [6, 6.07) is 5.16. The van der Waals surface area contributed by atoms with Crippen LogP contribution in [-0.4, -0.2) is 26.0 Å². The Kier molecular flexibility index (Phi) is 3.33. The Morgan fingerprint density at radius 2 is 2.00 bits per heavy atom. The summed E-state index contributed by atoms with van der Waals surface area (Å²) in [6.45, 7) is 0. The summed E-state index contributed by atoms with van der Waals surface area (Å²) >= 11 is 11.7. The van der Waals surface area contributed by atoms with Crippen LogP contribution in [-0.2, 0) is 9.84 Å². The molecular formula is C10H11Cl2NO2S. The molecule has 1 atom stereocenters. The maximum absolute atomic E-state index is 11.3. The van der Waals surface area contributed by atoms with E-state index in [2.05, 4.69) is 5.32 Å². The smallest absolute Gasteiger partial charge is 0.152 e. The first-order valence-corrected chi connectivity index (χ1v) is 7.46. The predicted octanol–water partition coefficient (Wildman–Crippen LogP) is 2.59. The Morgan fingerprint density at radius 3 is 2.56 bits per heavy atom. The second kappa shape index (κ2) is 4.43. The van der Waals surface area contributed by atoms with Gasteiger partial charge in [-0.15, -0.1) is 0 Å². The molecule has 0 saturated carbocycles. The number of sulfone groups is 1. The minimum Gasteiger partial charge on any atom is -0.381 e. The fourth-order valence-electron chi connectivity index (χ4n) is 1.73. The van der Waals surface area contributed by atoms with Gasteiger partial charge in [-0.1, -0.05) is 23.2 Å². The lowest BCUT2D eigenvalue weighted by atomic mass is 10.2. The standard InChI is InChI=1S/C10H11Cl2NO2S/c11-9-2-1-7(5-10(9)12)13-8-3-4-16(14,15)6-8/h1-2,5,8,13H,3-4,6H2/t8-/m1/s1. The molecule has 1 saturated heterocycles. The number of rotatable bonds is 2. The molecule has 16 heavy (non-hydrogen) atoms. The minimum absolute atomic E-state index is 0.0257. The number of halogens is 2. The van der Waals surface area contributed by atoms with Crippen molar-refractivity contribution in [2.24, 2.45) is 0 Å². The van der Waals surface area contributed by atoms with Crippen LogP contribution in [0.15, 0.2) is 18.2 Å². The van der Waals surface area contributed by atoms with E-state index < -0.39 is 9.84 Å². The van der Waals surface area contributed by atoms with Crippen molar-refractivity contribution in [2.75, 3.05) is 16.8 Å². The Balaban J connectivity index is 2.08. The van der Waals surface area contributed by atoms with Crippen molar-refractivity contribution in [3.8, 4) is 0 Å². The van der Waals surface area contributed by atoms with Gasteiger partial charge < -0.3 is 5.32 Å². The highest BCUT2D eigenvalue weighted by Crippen LogP contribution is 2.26. The van der Waals surface area contributed by atoms with E-state index in [-0.39, 0.29) is 17.5 Å². The molecule has 0 bridgehead atoms. The third kappa shape index (κ3) is 2.81. The summed E-state index contributed by atoms with van der Waals surface area (Å²) in [7, 11) is -2.86. The van der Waals surface area contributed by atoms with Crippen LogP contribution in [0, 0.1) is 0 Å². The molecule has 2 rings (SSSR count). The molecule has 6 heteroatoms. The fourth-order valence-corrected chi connectivity index (χ4v) is 3.70. The van der Waals surface area contributed by atoms with Crippen molar-refractivity contribution in [1.29, 1.82) is 0 Å². The molecule has 3 nitrogen and oxygen atoms in total. The van der Waals surface area contributed by atoms with Crippen LogP contribution in [0.1, 0.15) is 6.42 Å². The van der Waals surface area contributed by atoms with Crippen molar-refractivity contribution in [2.45, 2.75) is 12.5 Å². The molecule has 0 radical (unpaired) electrons. The SMILES string of the molecule is O=S1(=O)CC[C@@H](Nc2ccc(Cl)c(Cl)c2)C1. The Morgan fingerprint density at radius 1 is 1.25 bits per heavy atom. The van der Waals surface area contributed by atoms with Crippen LogP contribution in [0.2, 0.25) is 10.0 Å². The van der Waals surface area contributed by atoms with E-state index in [1.807, 2.05) is 0 Å². The monoisotopic (exact) mass is 279 g/mol. The molecule has 1 fully saturated rings. The molecule has 0 aliphatic carbocycles. The van der Waals surface area contributed by atoms with Crippen molar-refractivity contribution in [3.63, 3.8) is 0 Å². The molecule has 88 valence electrons. The van der Waals surface area contributed by atoms with Crippen LogP contribution in [0.5, 0.6) is 0 Å². The zero-order chi connectivity index (χ0) is 11.8. The molecule has 0 unspecified atom stereocenters. The Labute approximate surface area is 105 Å². The highest BCUT2D eigenvalue weighted by atomic mass is 35.5. The summed E-state index contributed by atoms with van der Waals surface area (Å²) in [5.74, 6) is 0.444. The molecule has 1 aromatic rings. The normalized spacial score (nSPS) is 23.2. The predicted molar refractivity (Wildman–Crippen MR) is 67.1 cm³/mol. The van der Waals surface area contributed by atoms with Gasteiger partial charge in [-0.05, 0) is 24.6 Å². The minimum atomic E-state index is -2.86. The fraction of sp³-hybridized carbons (Fsp3) is 0.400. The van der Waals surface area contributed by atoms with Gasteiger partial charge >= 0.3 is 0 Å². The zero-order valence-corrected chi connectivity index (χ0v) is 10.7. The maximum Gasteiger partial charge on any atom is 0.152 e. The molecule has 1 N–H and O–H groups in total. The molecule has 1 aliphatic heterocycles. The summed E-state index contributed by atoms with van der Waals surface area (Å²) in [5.41, 5.74) is 0.802. The maximum atomic E-state index is 11.3. The molecule has 1 aromatic carbocycles. The largest absolute Gasteiger partial charge is 0.381 e. The molecule has 1 heterocycles. The summed E-state index contributed by atoms with van der Waals surface area (Å²) in [5, 5.41) is 4.10. The van der Waals surface area contributed by atoms with E-state index in [1.54, 1.807) is 18.2 Å². The van der Waals surface area contributed by atoms with Crippen LogP contribution in [0.3, 0.4) is 0 Å². The first-order chi connectivity index (χ1) is 7.46. The van der Waals surface area contributed by atoms with Gasteiger partial charge in [0.2, 0.25) is 0 Å². The molecule has 1 aliphatic rings. The quantitative estimate of drug-likeness (QED) is 0.905. The number of benzene rings is 1. The van der Waals surface area contributed by atoms with Gasteiger partial charge in [0, 0.05) is 11.7 Å². The molecule has 0 aromatic heterocycles. The average Bonchev–Trinajstić information content (AvgIpc) is 2.52. The topological polar surface area (TPSA) is 46.2 Å². The van der Waals surface area contributed by atoms with E-state index in [0.717, 1.165) is 5.69 Å². The highest BCUT2D eigenvalue weighted by Gasteiger charge is 2.27. The molecule has 0 spiro atoms. The Bertz CT molecular complexity index is 502. The zero-order valence-electron chi connectivity index (χ0n) is 8.41. The third-order valence-electron chi connectivity index (χ3n) is 2.52. The highest BCUT2D eigenvalue weighted by molar-refractivity contribution is 7.91. The van der Waals surface area contributed by atoms with Gasteiger partial charge in [0.05, 0.1) is 21.6 Å². The van der Waals surface area contributed by atoms with Gasteiger partial charge in [0.25, 0.3) is 0 Å². The van der Waals surface area contributed by atoms with Crippen LogP contribution >= 0.6 is 23.2 Å². The van der Waals surface area contributed by atoms with Gasteiger partial charge in [-0.2, -0.15) is 0 Å². The van der Waals surface area contributed by atoms with Crippen LogP contribution < -0.4 is 5.32 Å². The van der Waals surface area contributed by atoms with E-state index in [4.69, 9.17) is 23.2 Å². The summed E-state index contributed by atoms with van der Waals surface area (Å²) < 4.78 is 22.5. The Hall–Kier alpha value is -0.450. The van der Waals surface area contributed by atoms with Gasteiger partial charge in [0.1, 0.15) is 0 Å². The average molecular weight is 280 g/mol. The third-order valence-corrected chi connectivity index (χ3v) is 5.03. The van der Waals surface area contributed by atoms with E-state index >= 15 is 0 Å². The number of anilines is 1. The van der Waals surface area contributed by atoms with E-state index in [0.29, 0.717) is 16.5 Å². The molecule has 0 amide bonds. The second-order valence-electron chi connectivity index (χ2n) is 3.87. The lowest BCUT2D eigenvalue weighted by molar-refractivity contribution is 0.602. The van der Waals surface area contributed by atoms with Crippen molar-refractivity contribution in [1.82, 2.24) is 0 Å². The van der Waals surface area contributed by atoms with Crippen LogP contribution in [0.25, 0.3) is 0 Å². The van der Waals surface area contributed by atoms with Gasteiger partial charge in [-0.25, -0.2) is 8.42 Å².